The maximum Gasteiger partial charge on any atom is 0.303 e. The van der Waals surface area contributed by atoms with Crippen LogP contribution >= 0.6 is 0 Å². The molecular weight excluding hydrogens is 452 g/mol. The number of rotatable bonds is 15. The van der Waals surface area contributed by atoms with E-state index in [2.05, 4.69) is 65.0 Å². The Hall–Kier alpha value is -2.37. The van der Waals surface area contributed by atoms with Crippen molar-refractivity contribution in [1.82, 2.24) is 0 Å². The minimum Gasteiger partial charge on any atom is -0.491 e. The van der Waals surface area contributed by atoms with Gasteiger partial charge in [0.1, 0.15) is 12.4 Å². The van der Waals surface area contributed by atoms with Gasteiger partial charge in [0.15, 0.2) is 0 Å². The summed E-state index contributed by atoms with van der Waals surface area (Å²) < 4.78 is 5.82. The molecule has 0 fully saturated rings. The topological polar surface area (TPSA) is 87.0 Å². The van der Waals surface area contributed by atoms with E-state index in [0.717, 1.165) is 44.1 Å². The zero-order valence-corrected chi connectivity index (χ0v) is 23.1. The molecule has 0 heterocycles. The van der Waals surface area contributed by atoms with Crippen molar-refractivity contribution < 1.29 is 24.9 Å². The molecule has 0 aliphatic rings. The first kappa shape index (κ1) is 29.9. The summed E-state index contributed by atoms with van der Waals surface area (Å²) in [5.41, 5.74) is 5.38. The number of aryl methyl sites for hydroxylation is 3. The number of hydrogen-bond acceptors (Lipinski definition) is 4. The average molecular weight is 499 g/mol. The minimum absolute atomic E-state index is 0.0751. The first-order chi connectivity index (χ1) is 17.0. The standard InChI is InChI=1S/C31H46O5/c1-7-30(35,8-2)18-17-24-11-12-25(19-22(24)5)31(9-3,10-4)26-13-15-28(23(6)20-26)36-21-27(32)14-16-29(33)34/h11-13,15,19-20,27,32,35H,7-10,14,16-18,21H2,1-6H3,(H,33,34)/t27-/m0/s1. The van der Waals surface area contributed by atoms with E-state index in [1.165, 1.54) is 22.3 Å². The van der Waals surface area contributed by atoms with Crippen LogP contribution in [0, 0.1) is 13.8 Å². The zero-order valence-electron chi connectivity index (χ0n) is 23.1. The Morgan fingerprint density at radius 2 is 1.50 bits per heavy atom. The van der Waals surface area contributed by atoms with Gasteiger partial charge in [-0.25, -0.2) is 0 Å². The summed E-state index contributed by atoms with van der Waals surface area (Å²) in [6, 6.07) is 13.1. The highest BCUT2D eigenvalue weighted by Gasteiger charge is 2.31. The van der Waals surface area contributed by atoms with Gasteiger partial charge in [-0.3, -0.25) is 4.79 Å². The monoisotopic (exact) mass is 498 g/mol. The van der Waals surface area contributed by atoms with Crippen LogP contribution in [0.5, 0.6) is 5.75 Å². The highest BCUT2D eigenvalue weighted by Crippen LogP contribution is 2.41. The molecule has 0 bridgehead atoms. The third-order valence-electron chi connectivity index (χ3n) is 8.13. The molecule has 0 unspecified atom stereocenters. The Morgan fingerprint density at radius 3 is 2.00 bits per heavy atom. The number of carbonyl (C=O) groups is 1. The number of aliphatic hydroxyl groups is 2. The lowest BCUT2D eigenvalue weighted by Crippen LogP contribution is -2.28. The third-order valence-corrected chi connectivity index (χ3v) is 8.13. The normalized spacial score (nSPS) is 13.0. The second kappa shape index (κ2) is 13.3. The molecule has 3 N–H and O–H groups in total. The van der Waals surface area contributed by atoms with Crippen LogP contribution in [0.25, 0.3) is 0 Å². The van der Waals surface area contributed by atoms with Gasteiger partial charge in [-0.1, -0.05) is 58.0 Å². The fourth-order valence-corrected chi connectivity index (χ4v) is 5.15. The molecule has 2 aromatic rings. The highest BCUT2D eigenvalue weighted by molar-refractivity contribution is 5.66. The predicted molar refractivity (Wildman–Crippen MR) is 146 cm³/mol. The van der Waals surface area contributed by atoms with Gasteiger partial charge in [0.2, 0.25) is 0 Å². The first-order valence-corrected chi connectivity index (χ1v) is 13.5. The van der Waals surface area contributed by atoms with E-state index in [4.69, 9.17) is 9.84 Å². The fourth-order valence-electron chi connectivity index (χ4n) is 5.15. The molecule has 5 heteroatoms. The van der Waals surface area contributed by atoms with Crippen LogP contribution in [0.15, 0.2) is 36.4 Å². The summed E-state index contributed by atoms with van der Waals surface area (Å²) in [7, 11) is 0. The average Bonchev–Trinajstić information content (AvgIpc) is 2.87. The van der Waals surface area contributed by atoms with E-state index in [-0.39, 0.29) is 24.9 Å². The van der Waals surface area contributed by atoms with Gasteiger partial charge < -0.3 is 20.1 Å². The van der Waals surface area contributed by atoms with Crippen LogP contribution in [-0.2, 0) is 16.6 Å². The molecule has 2 rings (SSSR count). The molecule has 1 atom stereocenters. The van der Waals surface area contributed by atoms with Gasteiger partial charge in [-0.15, -0.1) is 0 Å². The molecule has 2 aromatic carbocycles. The number of aliphatic carboxylic acids is 1. The largest absolute Gasteiger partial charge is 0.491 e. The lowest BCUT2D eigenvalue weighted by molar-refractivity contribution is -0.137. The quantitative estimate of drug-likeness (QED) is 0.261. The molecule has 0 aromatic heterocycles. The smallest absolute Gasteiger partial charge is 0.303 e. The van der Waals surface area contributed by atoms with Crippen LogP contribution in [-0.4, -0.2) is 39.6 Å². The lowest BCUT2D eigenvalue weighted by Gasteiger charge is -2.34. The molecule has 36 heavy (non-hydrogen) atoms. The van der Waals surface area contributed by atoms with E-state index in [0.29, 0.717) is 5.75 Å². The Labute approximate surface area is 217 Å². The SMILES string of the molecule is CCC(O)(CC)CCc1ccc(C(CC)(CC)c2ccc(OC[C@@H](O)CCC(=O)O)c(C)c2)cc1C. The summed E-state index contributed by atoms with van der Waals surface area (Å²) in [5, 5.41) is 29.5. The maximum absolute atomic E-state index is 10.7. The third kappa shape index (κ3) is 7.33. The predicted octanol–water partition coefficient (Wildman–Crippen LogP) is 6.50. The molecule has 0 saturated heterocycles. The highest BCUT2D eigenvalue weighted by atomic mass is 16.5. The molecule has 0 aliphatic heterocycles. The van der Waals surface area contributed by atoms with Crippen LogP contribution in [0.3, 0.4) is 0 Å². The van der Waals surface area contributed by atoms with Crippen molar-refractivity contribution in [3.05, 3.63) is 64.2 Å². The van der Waals surface area contributed by atoms with Crippen molar-refractivity contribution in [3.8, 4) is 5.75 Å². The van der Waals surface area contributed by atoms with Crippen molar-refractivity contribution in [2.45, 2.75) is 110 Å². The van der Waals surface area contributed by atoms with Crippen LogP contribution < -0.4 is 4.74 Å². The Kier molecular flexibility index (Phi) is 11.0. The molecule has 0 spiro atoms. The Morgan fingerprint density at radius 1 is 0.917 bits per heavy atom. The van der Waals surface area contributed by atoms with Gasteiger partial charge in [0.25, 0.3) is 0 Å². The number of aliphatic hydroxyl groups excluding tert-OH is 1. The van der Waals surface area contributed by atoms with Gasteiger partial charge in [0.05, 0.1) is 11.7 Å². The number of carboxylic acid groups (broad SMARTS) is 1. The van der Waals surface area contributed by atoms with Crippen molar-refractivity contribution >= 4 is 5.97 Å². The number of hydrogen-bond donors (Lipinski definition) is 3. The zero-order chi connectivity index (χ0) is 26.9. The van der Waals surface area contributed by atoms with E-state index < -0.39 is 17.7 Å². The molecule has 200 valence electrons. The number of ether oxygens (including phenoxy) is 1. The summed E-state index contributed by atoms with van der Waals surface area (Å²) in [6.07, 6.45) is 4.41. The molecule has 0 radical (unpaired) electrons. The minimum atomic E-state index is -0.920. The van der Waals surface area contributed by atoms with E-state index in [1.807, 2.05) is 13.0 Å². The van der Waals surface area contributed by atoms with Gasteiger partial charge in [0, 0.05) is 11.8 Å². The molecule has 0 saturated carbocycles. The van der Waals surface area contributed by atoms with Crippen LogP contribution in [0.2, 0.25) is 0 Å². The van der Waals surface area contributed by atoms with E-state index in [1.54, 1.807) is 0 Å². The van der Waals surface area contributed by atoms with E-state index >= 15 is 0 Å². The van der Waals surface area contributed by atoms with Crippen LogP contribution in [0.4, 0.5) is 0 Å². The second-order valence-electron chi connectivity index (χ2n) is 10.2. The van der Waals surface area contributed by atoms with E-state index in [9.17, 15) is 15.0 Å². The van der Waals surface area contributed by atoms with Crippen molar-refractivity contribution in [2.75, 3.05) is 6.61 Å². The first-order valence-electron chi connectivity index (χ1n) is 13.5. The summed E-state index contributed by atoms with van der Waals surface area (Å²) in [6.45, 7) is 12.8. The molecular formula is C31H46O5. The van der Waals surface area contributed by atoms with Crippen molar-refractivity contribution in [2.24, 2.45) is 0 Å². The van der Waals surface area contributed by atoms with Gasteiger partial charge >= 0.3 is 5.97 Å². The Balaban J connectivity index is 2.25. The lowest BCUT2D eigenvalue weighted by atomic mass is 9.69. The Bertz CT molecular complexity index is 988. The molecule has 5 nitrogen and oxygen atoms in total. The maximum atomic E-state index is 10.7. The fraction of sp³-hybridized carbons (Fsp3) is 0.581. The summed E-state index contributed by atoms with van der Waals surface area (Å²) in [4.78, 5) is 10.7. The van der Waals surface area contributed by atoms with Gasteiger partial charge in [-0.2, -0.15) is 0 Å². The molecule has 0 amide bonds. The molecule has 0 aliphatic carbocycles. The summed E-state index contributed by atoms with van der Waals surface area (Å²) >= 11 is 0. The van der Waals surface area contributed by atoms with Gasteiger partial charge in [-0.05, 0) is 92.7 Å². The summed E-state index contributed by atoms with van der Waals surface area (Å²) in [5.74, 6) is -0.211. The van der Waals surface area contributed by atoms with Crippen LogP contribution in [0.1, 0.15) is 100 Å². The van der Waals surface area contributed by atoms with Crippen molar-refractivity contribution in [3.63, 3.8) is 0 Å². The van der Waals surface area contributed by atoms with Crippen molar-refractivity contribution in [1.29, 1.82) is 0 Å². The number of benzene rings is 2. The second-order valence-corrected chi connectivity index (χ2v) is 10.2. The number of carboxylic acids is 1.